The summed E-state index contributed by atoms with van der Waals surface area (Å²) in [5, 5.41) is 12.8. The number of ether oxygens (including phenoxy) is 2. The van der Waals surface area contributed by atoms with E-state index in [0.717, 1.165) is 6.42 Å². The molecule has 0 saturated carbocycles. The SMILES string of the molecule is N#C/C(=C/c1cccc2c1OCCCO2)C(=O)Nc1cc(Cl)ccc1Cl. The Morgan fingerprint density at radius 1 is 1.19 bits per heavy atom. The van der Waals surface area contributed by atoms with E-state index in [9.17, 15) is 10.1 Å². The first-order valence-corrected chi connectivity index (χ1v) is 8.61. The molecule has 1 aliphatic rings. The molecule has 1 aliphatic heterocycles. The number of rotatable bonds is 3. The average molecular weight is 389 g/mol. The monoisotopic (exact) mass is 388 g/mol. The Labute approximate surface area is 160 Å². The molecule has 26 heavy (non-hydrogen) atoms. The van der Waals surface area contributed by atoms with Crippen molar-refractivity contribution in [3.8, 4) is 17.6 Å². The van der Waals surface area contributed by atoms with E-state index in [0.29, 0.717) is 46.0 Å². The number of nitrogens with zero attached hydrogens (tertiary/aromatic N) is 1. The van der Waals surface area contributed by atoms with E-state index in [1.165, 1.54) is 12.1 Å². The minimum atomic E-state index is -0.594. The third-order valence-electron chi connectivity index (χ3n) is 3.64. The summed E-state index contributed by atoms with van der Waals surface area (Å²) in [6.07, 6.45) is 2.22. The highest BCUT2D eigenvalue weighted by atomic mass is 35.5. The quantitative estimate of drug-likeness (QED) is 0.610. The number of para-hydroxylation sites is 1. The van der Waals surface area contributed by atoms with Crippen molar-refractivity contribution in [3.63, 3.8) is 0 Å². The third kappa shape index (κ3) is 4.10. The molecule has 132 valence electrons. The van der Waals surface area contributed by atoms with Gasteiger partial charge in [0.1, 0.15) is 11.6 Å². The molecule has 0 bridgehead atoms. The van der Waals surface area contributed by atoms with Gasteiger partial charge in [-0.3, -0.25) is 4.79 Å². The lowest BCUT2D eigenvalue weighted by atomic mass is 10.1. The van der Waals surface area contributed by atoms with Crippen LogP contribution in [0.2, 0.25) is 10.0 Å². The maximum atomic E-state index is 12.5. The number of hydrogen-bond donors (Lipinski definition) is 1. The predicted octanol–water partition coefficient (Wildman–Crippen LogP) is 4.70. The van der Waals surface area contributed by atoms with E-state index in [1.54, 1.807) is 30.3 Å². The predicted molar refractivity (Wildman–Crippen MR) is 101 cm³/mol. The molecule has 0 atom stereocenters. The minimum absolute atomic E-state index is 0.0951. The summed E-state index contributed by atoms with van der Waals surface area (Å²) in [5.74, 6) is 0.516. The van der Waals surface area contributed by atoms with Crippen LogP contribution in [0.5, 0.6) is 11.5 Å². The topological polar surface area (TPSA) is 71.3 Å². The summed E-state index contributed by atoms with van der Waals surface area (Å²) in [6, 6.07) is 11.9. The van der Waals surface area contributed by atoms with E-state index >= 15 is 0 Å². The van der Waals surface area contributed by atoms with Gasteiger partial charge in [0, 0.05) is 17.0 Å². The number of amides is 1. The van der Waals surface area contributed by atoms with Crippen LogP contribution in [0.1, 0.15) is 12.0 Å². The molecule has 0 fully saturated rings. The zero-order chi connectivity index (χ0) is 18.5. The molecule has 1 heterocycles. The molecule has 0 unspecified atom stereocenters. The number of carbonyl (C=O) groups is 1. The van der Waals surface area contributed by atoms with Crippen molar-refractivity contribution in [2.75, 3.05) is 18.5 Å². The molecule has 2 aromatic carbocycles. The number of halogens is 2. The second-order valence-electron chi connectivity index (χ2n) is 5.47. The van der Waals surface area contributed by atoms with Crippen molar-refractivity contribution >= 4 is 40.9 Å². The fourth-order valence-corrected chi connectivity index (χ4v) is 2.75. The molecule has 1 N–H and O–H groups in total. The van der Waals surface area contributed by atoms with Crippen molar-refractivity contribution in [3.05, 3.63) is 57.6 Å². The smallest absolute Gasteiger partial charge is 0.266 e. The van der Waals surface area contributed by atoms with Gasteiger partial charge in [-0.25, -0.2) is 0 Å². The molecule has 0 aromatic heterocycles. The van der Waals surface area contributed by atoms with Gasteiger partial charge in [-0.2, -0.15) is 5.26 Å². The lowest BCUT2D eigenvalue weighted by Crippen LogP contribution is -2.13. The first-order chi connectivity index (χ1) is 12.6. The molecule has 0 aliphatic carbocycles. The summed E-state index contributed by atoms with van der Waals surface area (Å²) in [4.78, 5) is 12.5. The summed E-state index contributed by atoms with van der Waals surface area (Å²) < 4.78 is 11.3. The van der Waals surface area contributed by atoms with Crippen molar-refractivity contribution in [1.29, 1.82) is 5.26 Å². The van der Waals surface area contributed by atoms with E-state index in [2.05, 4.69) is 5.32 Å². The highest BCUT2D eigenvalue weighted by Crippen LogP contribution is 2.34. The average Bonchev–Trinajstić information content (AvgIpc) is 2.88. The van der Waals surface area contributed by atoms with Crippen molar-refractivity contribution < 1.29 is 14.3 Å². The number of nitriles is 1. The van der Waals surface area contributed by atoms with Crippen molar-refractivity contribution in [2.24, 2.45) is 0 Å². The second-order valence-corrected chi connectivity index (χ2v) is 6.32. The Morgan fingerprint density at radius 3 is 2.81 bits per heavy atom. The summed E-state index contributed by atoms with van der Waals surface area (Å²) in [6.45, 7) is 1.06. The van der Waals surface area contributed by atoms with Crippen LogP contribution in [0.3, 0.4) is 0 Å². The van der Waals surface area contributed by atoms with Crippen LogP contribution in [0, 0.1) is 11.3 Å². The van der Waals surface area contributed by atoms with Crippen LogP contribution in [0.25, 0.3) is 6.08 Å². The van der Waals surface area contributed by atoms with Crippen LogP contribution in [0.4, 0.5) is 5.69 Å². The number of fused-ring (bicyclic) bond motifs is 1. The Morgan fingerprint density at radius 2 is 2.00 bits per heavy atom. The van der Waals surface area contributed by atoms with Crippen LogP contribution in [-0.2, 0) is 4.79 Å². The van der Waals surface area contributed by atoms with Gasteiger partial charge in [0.15, 0.2) is 11.5 Å². The Hall–Kier alpha value is -2.68. The van der Waals surface area contributed by atoms with Crippen molar-refractivity contribution in [1.82, 2.24) is 0 Å². The maximum Gasteiger partial charge on any atom is 0.266 e. The molecule has 0 radical (unpaired) electrons. The van der Waals surface area contributed by atoms with Gasteiger partial charge in [0.05, 0.1) is 23.9 Å². The van der Waals surface area contributed by atoms with Gasteiger partial charge < -0.3 is 14.8 Å². The molecule has 1 amide bonds. The normalized spacial score (nSPS) is 13.5. The van der Waals surface area contributed by atoms with Gasteiger partial charge in [-0.1, -0.05) is 35.3 Å². The van der Waals surface area contributed by atoms with Gasteiger partial charge in [-0.05, 0) is 30.3 Å². The fraction of sp³-hybridized carbons (Fsp3) is 0.158. The zero-order valence-electron chi connectivity index (χ0n) is 13.6. The van der Waals surface area contributed by atoms with E-state index in [1.807, 2.05) is 6.07 Å². The van der Waals surface area contributed by atoms with Gasteiger partial charge in [0.25, 0.3) is 5.91 Å². The van der Waals surface area contributed by atoms with Crippen LogP contribution in [-0.4, -0.2) is 19.1 Å². The van der Waals surface area contributed by atoms with Crippen LogP contribution >= 0.6 is 23.2 Å². The highest BCUT2D eigenvalue weighted by Gasteiger charge is 2.17. The third-order valence-corrected chi connectivity index (χ3v) is 4.21. The second kappa shape index (κ2) is 8.13. The number of anilines is 1. The fourth-order valence-electron chi connectivity index (χ4n) is 2.42. The number of benzene rings is 2. The summed E-state index contributed by atoms with van der Waals surface area (Å²) in [5.41, 5.74) is 0.826. The molecule has 3 rings (SSSR count). The Balaban J connectivity index is 1.90. The lowest BCUT2D eigenvalue weighted by molar-refractivity contribution is -0.112. The summed E-state index contributed by atoms with van der Waals surface area (Å²) >= 11 is 12.0. The van der Waals surface area contributed by atoms with Crippen LogP contribution < -0.4 is 14.8 Å². The van der Waals surface area contributed by atoms with E-state index in [4.69, 9.17) is 32.7 Å². The number of carbonyl (C=O) groups excluding carboxylic acids is 1. The molecule has 5 nitrogen and oxygen atoms in total. The molecule has 0 spiro atoms. The largest absolute Gasteiger partial charge is 0.490 e. The maximum absolute atomic E-state index is 12.5. The Kier molecular flexibility index (Phi) is 5.67. The van der Waals surface area contributed by atoms with Crippen LogP contribution in [0.15, 0.2) is 42.0 Å². The molecule has 7 heteroatoms. The molecule has 2 aromatic rings. The zero-order valence-corrected chi connectivity index (χ0v) is 15.1. The van der Waals surface area contributed by atoms with Crippen molar-refractivity contribution in [2.45, 2.75) is 6.42 Å². The van der Waals surface area contributed by atoms with Gasteiger partial charge in [-0.15, -0.1) is 0 Å². The van der Waals surface area contributed by atoms with E-state index in [-0.39, 0.29) is 5.57 Å². The minimum Gasteiger partial charge on any atom is -0.490 e. The molecular formula is C19H14Cl2N2O3. The summed E-state index contributed by atoms with van der Waals surface area (Å²) in [7, 11) is 0. The number of hydrogen-bond acceptors (Lipinski definition) is 4. The van der Waals surface area contributed by atoms with Gasteiger partial charge in [0.2, 0.25) is 0 Å². The van der Waals surface area contributed by atoms with E-state index < -0.39 is 5.91 Å². The first kappa shape index (κ1) is 18.1. The number of nitrogens with one attached hydrogen (secondary N) is 1. The van der Waals surface area contributed by atoms with Gasteiger partial charge >= 0.3 is 0 Å². The molecule has 0 saturated heterocycles. The highest BCUT2D eigenvalue weighted by molar-refractivity contribution is 6.36. The standard InChI is InChI=1S/C19H14Cl2N2O3/c20-14-5-6-15(21)16(10-14)23-19(24)13(11-22)9-12-3-1-4-17-18(12)26-8-2-7-25-17/h1,3-6,9-10H,2,7-8H2,(H,23,24)/b13-9-. The Bertz CT molecular complexity index is 919. The molecular weight excluding hydrogens is 375 g/mol. The first-order valence-electron chi connectivity index (χ1n) is 7.85. The lowest BCUT2D eigenvalue weighted by Gasteiger charge is -2.11.